The van der Waals surface area contributed by atoms with Crippen LogP contribution in [0.4, 0.5) is 5.69 Å². The summed E-state index contributed by atoms with van der Waals surface area (Å²) in [4.78, 5) is 17.4. The topological polar surface area (TPSA) is 48.1 Å². The van der Waals surface area contributed by atoms with E-state index in [-0.39, 0.29) is 5.91 Å². The predicted octanol–water partition coefficient (Wildman–Crippen LogP) is 3.21. The molecule has 0 unspecified atom stereocenters. The van der Waals surface area contributed by atoms with Crippen molar-refractivity contribution in [1.29, 1.82) is 0 Å². The lowest BCUT2D eigenvalue weighted by Gasteiger charge is -2.12. The Balaban J connectivity index is 1.56. The van der Waals surface area contributed by atoms with Gasteiger partial charge in [-0.1, -0.05) is 12.1 Å². The van der Waals surface area contributed by atoms with Gasteiger partial charge in [0, 0.05) is 43.6 Å². The van der Waals surface area contributed by atoms with Crippen LogP contribution < -0.4 is 10.2 Å². The molecular formula is C19H21N3O. The molecule has 0 saturated heterocycles. The number of aromatic nitrogens is 1. The summed E-state index contributed by atoms with van der Waals surface area (Å²) < 4.78 is 0. The average molecular weight is 307 g/mol. The number of rotatable bonds is 5. The number of fused-ring (bicyclic) bond motifs is 1. The standard InChI is InChI=1S/C19H21N3O/c1-22(2)17-7-5-16(6-8-17)19(23)21-11-9-14-3-4-15-10-12-20-18(15)13-14/h3-8,10,12-13,20H,9,11H2,1-2H3,(H,21,23). The minimum atomic E-state index is -0.0312. The van der Waals surface area contributed by atoms with E-state index in [0.29, 0.717) is 12.1 Å². The summed E-state index contributed by atoms with van der Waals surface area (Å²) in [7, 11) is 3.96. The molecular weight excluding hydrogens is 286 g/mol. The van der Waals surface area contributed by atoms with Crippen molar-refractivity contribution in [3.05, 3.63) is 65.9 Å². The van der Waals surface area contributed by atoms with Gasteiger partial charge in [0.05, 0.1) is 0 Å². The monoisotopic (exact) mass is 307 g/mol. The van der Waals surface area contributed by atoms with E-state index in [1.54, 1.807) is 0 Å². The number of anilines is 1. The van der Waals surface area contributed by atoms with Gasteiger partial charge >= 0.3 is 0 Å². The normalized spacial score (nSPS) is 10.7. The zero-order chi connectivity index (χ0) is 16.2. The number of carbonyl (C=O) groups is 1. The molecule has 0 saturated carbocycles. The van der Waals surface area contributed by atoms with Gasteiger partial charge in [0.1, 0.15) is 0 Å². The number of nitrogens with zero attached hydrogens (tertiary/aromatic N) is 1. The van der Waals surface area contributed by atoms with Crippen LogP contribution in [0.1, 0.15) is 15.9 Å². The molecule has 0 spiro atoms. The maximum Gasteiger partial charge on any atom is 0.251 e. The molecule has 0 fully saturated rings. The van der Waals surface area contributed by atoms with Crippen LogP contribution in [0.15, 0.2) is 54.7 Å². The summed E-state index contributed by atoms with van der Waals surface area (Å²) in [6.07, 6.45) is 2.75. The minimum Gasteiger partial charge on any atom is -0.378 e. The molecule has 2 N–H and O–H groups in total. The number of hydrogen-bond acceptors (Lipinski definition) is 2. The number of amides is 1. The molecule has 0 aliphatic rings. The fourth-order valence-electron chi connectivity index (χ4n) is 2.58. The highest BCUT2D eigenvalue weighted by atomic mass is 16.1. The predicted molar refractivity (Wildman–Crippen MR) is 95.1 cm³/mol. The number of nitrogens with one attached hydrogen (secondary N) is 2. The van der Waals surface area contributed by atoms with Crippen molar-refractivity contribution in [3.63, 3.8) is 0 Å². The Hall–Kier alpha value is -2.75. The lowest BCUT2D eigenvalue weighted by molar-refractivity contribution is 0.0954. The summed E-state index contributed by atoms with van der Waals surface area (Å²) in [5.41, 5.74) is 4.12. The summed E-state index contributed by atoms with van der Waals surface area (Å²) >= 11 is 0. The molecule has 0 aliphatic carbocycles. The van der Waals surface area contributed by atoms with Crippen LogP contribution in [-0.2, 0) is 6.42 Å². The molecule has 3 aromatic rings. The molecule has 4 heteroatoms. The van der Waals surface area contributed by atoms with Gasteiger partial charge in [0.25, 0.3) is 5.91 Å². The molecule has 1 aromatic heterocycles. The van der Waals surface area contributed by atoms with E-state index in [9.17, 15) is 4.79 Å². The van der Waals surface area contributed by atoms with E-state index >= 15 is 0 Å². The van der Waals surface area contributed by atoms with Crippen molar-refractivity contribution in [2.24, 2.45) is 0 Å². The second kappa shape index (κ2) is 6.57. The minimum absolute atomic E-state index is 0.0312. The first-order valence-corrected chi connectivity index (χ1v) is 7.75. The second-order valence-corrected chi connectivity index (χ2v) is 5.85. The van der Waals surface area contributed by atoms with E-state index in [4.69, 9.17) is 0 Å². The van der Waals surface area contributed by atoms with E-state index in [2.05, 4.69) is 34.6 Å². The zero-order valence-corrected chi connectivity index (χ0v) is 13.5. The van der Waals surface area contributed by atoms with Crippen LogP contribution in [-0.4, -0.2) is 31.5 Å². The van der Waals surface area contributed by atoms with Gasteiger partial charge in [0.2, 0.25) is 0 Å². The maximum atomic E-state index is 12.2. The number of benzene rings is 2. The summed E-state index contributed by atoms with van der Waals surface area (Å²) in [5, 5.41) is 4.18. The fraction of sp³-hybridized carbons (Fsp3) is 0.211. The molecule has 0 bridgehead atoms. The van der Waals surface area contributed by atoms with Gasteiger partial charge in [-0.05, 0) is 53.8 Å². The first-order chi connectivity index (χ1) is 11.1. The molecule has 1 heterocycles. The molecule has 0 atom stereocenters. The SMILES string of the molecule is CN(C)c1ccc(C(=O)NCCc2ccc3cc[nH]c3c2)cc1. The number of hydrogen-bond donors (Lipinski definition) is 2. The highest BCUT2D eigenvalue weighted by molar-refractivity contribution is 5.94. The van der Waals surface area contributed by atoms with Crippen LogP contribution in [0.5, 0.6) is 0 Å². The number of H-pyrrole nitrogens is 1. The van der Waals surface area contributed by atoms with Crippen molar-refractivity contribution >= 4 is 22.5 Å². The zero-order valence-electron chi connectivity index (χ0n) is 13.5. The van der Waals surface area contributed by atoms with E-state index < -0.39 is 0 Å². The van der Waals surface area contributed by atoms with Crippen molar-refractivity contribution < 1.29 is 4.79 Å². The first kappa shape index (κ1) is 15.2. The van der Waals surface area contributed by atoms with E-state index in [1.165, 1.54) is 10.9 Å². The number of carbonyl (C=O) groups excluding carboxylic acids is 1. The molecule has 4 nitrogen and oxygen atoms in total. The Morgan fingerprint density at radius 2 is 1.87 bits per heavy atom. The van der Waals surface area contributed by atoms with Crippen molar-refractivity contribution in [3.8, 4) is 0 Å². The third kappa shape index (κ3) is 3.54. The smallest absolute Gasteiger partial charge is 0.251 e. The first-order valence-electron chi connectivity index (χ1n) is 7.75. The van der Waals surface area contributed by atoms with Crippen LogP contribution >= 0.6 is 0 Å². The van der Waals surface area contributed by atoms with Gasteiger partial charge < -0.3 is 15.2 Å². The third-order valence-electron chi connectivity index (χ3n) is 3.96. The van der Waals surface area contributed by atoms with E-state index in [1.807, 2.05) is 49.5 Å². The second-order valence-electron chi connectivity index (χ2n) is 5.85. The van der Waals surface area contributed by atoms with Crippen molar-refractivity contribution in [2.45, 2.75) is 6.42 Å². The maximum absolute atomic E-state index is 12.2. The van der Waals surface area contributed by atoms with E-state index in [0.717, 1.165) is 17.6 Å². The number of aromatic amines is 1. The molecule has 2 aromatic carbocycles. The largest absolute Gasteiger partial charge is 0.378 e. The average Bonchev–Trinajstić information content (AvgIpc) is 3.02. The Kier molecular flexibility index (Phi) is 4.33. The van der Waals surface area contributed by atoms with Gasteiger partial charge in [-0.2, -0.15) is 0 Å². The summed E-state index contributed by atoms with van der Waals surface area (Å²) in [5.74, 6) is -0.0312. The Labute approximate surface area is 136 Å². The Morgan fingerprint density at radius 1 is 1.09 bits per heavy atom. The molecule has 1 amide bonds. The van der Waals surface area contributed by atoms with Crippen LogP contribution in [0, 0.1) is 0 Å². The lowest BCUT2D eigenvalue weighted by Crippen LogP contribution is -2.25. The Morgan fingerprint density at radius 3 is 2.61 bits per heavy atom. The third-order valence-corrected chi connectivity index (χ3v) is 3.96. The molecule has 23 heavy (non-hydrogen) atoms. The van der Waals surface area contributed by atoms with Gasteiger partial charge in [0.15, 0.2) is 0 Å². The summed E-state index contributed by atoms with van der Waals surface area (Å²) in [6, 6.07) is 16.0. The molecule has 3 rings (SSSR count). The van der Waals surface area contributed by atoms with Gasteiger partial charge in [-0.25, -0.2) is 0 Å². The highest BCUT2D eigenvalue weighted by Gasteiger charge is 2.05. The highest BCUT2D eigenvalue weighted by Crippen LogP contribution is 2.15. The van der Waals surface area contributed by atoms with Crippen molar-refractivity contribution in [1.82, 2.24) is 10.3 Å². The van der Waals surface area contributed by atoms with Gasteiger partial charge in [-0.15, -0.1) is 0 Å². The molecule has 118 valence electrons. The molecule has 0 radical (unpaired) electrons. The quantitative estimate of drug-likeness (QED) is 0.760. The van der Waals surface area contributed by atoms with Crippen LogP contribution in [0.3, 0.4) is 0 Å². The van der Waals surface area contributed by atoms with Gasteiger partial charge in [-0.3, -0.25) is 4.79 Å². The van der Waals surface area contributed by atoms with Crippen molar-refractivity contribution in [2.75, 3.05) is 25.5 Å². The van der Waals surface area contributed by atoms with Crippen LogP contribution in [0.2, 0.25) is 0 Å². The van der Waals surface area contributed by atoms with Crippen LogP contribution in [0.25, 0.3) is 10.9 Å². The Bertz CT molecular complexity index is 803. The summed E-state index contributed by atoms with van der Waals surface area (Å²) in [6.45, 7) is 0.625. The lowest BCUT2D eigenvalue weighted by atomic mass is 10.1. The molecule has 0 aliphatic heterocycles. The fourth-order valence-corrected chi connectivity index (χ4v) is 2.58.